The van der Waals surface area contributed by atoms with E-state index in [0.717, 1.165) is 24.0 Å². The lowest BCUT2D eigenvalue weighted by Gasteiger charge is -2.12. The van der Waals surface area contributed by atoms with Crippen molar-refractivity contribution in [2.45, 2.75) is 6.61 Å². The van der Waals surface area contributed by atoms with Crippen LogP contribution in [0.1, 0.15) is 11.1 Å². The van der Waals surface area contributed by atoms with Crippen LogP contribution < -0.4 is 10.1 Å². The molecule has 0 bridgehead atoms. The summed E-state index contributed by atoms with van der Waals surface area (Å²) in [5.41, 5.74) is 2.17. The molecule has 0 spiro atoms. The number of rotatable bonds is 6. The van der Waals surface area contributed by atoms with Crippen molar-refractivity contribution in [1.29, 1.82) is 5.26 Å². The second kappa shape index (κ2) is 11.2. The number of carbonyl (C=O) groups excluding carboxylic acids is 1. The first-order valence-electron chi connectivity index (χ1n) is 8.91. The smallest absolute Gasteiger partial charge is 0.266 e. The average molecular weight is 675 g/mol. The van der Waals surface area contributed by atoms with Crippen LogP contribution in [-0.4, -0.2) is 5.91 Å². The third-order valence-electron chi connectivity index (χ3n) is 4.13. The van der Waals surface area contributed by atoms with Crippen molar-refractivity contribution >= 4 is 86.1 Å². The fourth-order valence-corrected chi connectivity index (χ4v) is 5.06. The lowest BCUT2D eigenvalue weighted by atomic mass is 10.1. The van der Waals surface area contributed by atoms with E-state index in [1.165, 1.54) is 0 Å². The Balaban J connectivity index is 1.77. The number of nitrogens with one attached hydrogen (secondary N) is 1. The quantitative estimate of drug-likeness (QED) is 0.169. The van der Waals surface area contributed by atoms with E-state index in [1.807, 2.05) is 42.5 Å². The molecule has 31 heavy (non-hydrogen) atoms. The van der Waals surface area contributed by atoms with Crippen LogP contribution in [0.5, 0.6) is 5.75 Å². The predicted molar refractivity (Wildman–Crippen MR) is 141 cm³/mol. The Hall–Kier alpha value is -1.80. The van der Waals surface area contributed by atoms with Crippen LogP contribution >= 0.6 is 68.4 Å². The second-order valence-electron chi connectivity index (χ2n) is 6.32. The number of carbonyl (C=O) groups is 1. The molecule has 1 amide bonds. The highest BCUT2D eigenvalue weighted by Crippen LogP contribution is 2.31. The highest BCUT2D eigenvalue weighted by molar-refractivity contribution is 14.1. The molecule has 0 heterocycles. The van der Waals surface area contributed by atoms with Crippen molar-refractivity contribution in [3.8, 4) is 11.8 Å². The monoisotopic (exact) mass is 674 g/mol. The zero-order valence-corrected chi connectivity index (χ0v) is 21.7. The van der Waals surface area contributed by atoms with Gasteiger partial charge in [-0.3, -0.25) is 4.79 Å². The molecule has 4 nitrogen and oxygen atoms in total. The lowest BCUT2D eigenvalue weighted by molar-refractivity contribution is -0.112. The minimum atomic E-state index is -0.492. The van der Waals surface area contributed by atoms with Gasteiger partial charge in [0.1, 0.15) is 24.0 Å². The molecule has 0 aromatic heterocycles. The van der Waals surface area contributed by atoms with Gasteiger partial charge in [-0.2, -0.15) is 5.26 Å². The fraction of sp³-hybridized carbons (Fsp3) is 0.0435. The van der Waals surface area contributed by atoms with Gasteiger partial charge in [0.2, 0.25) is 0 Å². The Morgan fingerprint density at radius 2 is 1.71 bits per heavy atom. The number of hydrogen-bond donors (Lipinski definition) is 1. The van der Waals surface area contributed by atoms with E-state index in [2.05, 4.69) is 50.5 Å². The van der Waals surface area contributed by atoms with E-state index in [9.17, 15) is 10.1 Å². The summed E-state index contributed by atoms with van der Waals surface area (Å²) in [4.78, 5) is 12.5. The second-order valence-corrected chi connectivity index (χ2v) is 9.49. The summed E-state index contributed by atoms with van der Waals surface area (Å²) in [5, 5.41) is 13.4. The van der Waals surface area contributed by atoms with Crippen LogP contribution in [0.25, 0.3) is 6.08 Å². The van der Waals surface area contributed by atoms with Gasteiger partial charge in [0, 0.05) is 21.3 Å². The molecule has 0 unspecified atom stereocenters. The molecule has 0 fully saturated rings. The highest BCUT2D eigenvalue weighted by Gasteiger charge is 2.13. The topological polar surface area (TPSA) is 62.1 Å². The number of hydrogen-bond acceptors (Lipinski definition) is 3. The van der Waals surface area contributed by atoms with Crippen LogP contribution in [0.15, 0.2) is 66.2 Å². The van der Waals surface area contributed by atoms with Crippen LogP contribution in [-0.2, 0) is 11.4 Å². The summed E-state index contributed by atoms with van der Waals surface area (Å²) in [6, 6.07) is 19.9. The van der Waals surface area contributed by atoms with Gasteiger partial charge in [-0.25, -0.2) is 0 Å². The first-order valence-corrected chi connectivity index (χ1v) is 11.8. The summed E-state index contributed by atoms with van der Waals surface area (Å²) in [6.07, 6.45) is 1.55. The molecular formula is C23H14Cl2I2N2O2. The Morgan fingerprint density at radius 1 is 1.06 bits per heavy atom. The van der Waals surface area contributed by atoms with Crippen LogP contribution in [0.3, 0.4) is 0 Å². The maximum Gasteiger partial charge on any atom is 0.266 e. The maximum absolute atomic E-state index is 12.5. The lowest BCUT2D eigenvalue weighted by Crippen LogP contribution is -2.13. The fourth-order valence-electron chi connectivity index (χ4n) is 2.61. The van der Waals surface area contributed by atoms with Crippen molar-refractivity contribution in [3.05, 3.63) is 94.5 Å². The van der Waals surface area contributed by atoms with E-state index in [-0.39, 0.29) is 5.57 Å². The first kappa shape index (κ1) is 23.9. The minimum Gasteiger partial charge on any atom is -0.487 e. The Morgan fingerprint density at radius 3 is 2.32 bits per heavy atom. The largest absolute Gasteiger partial charge is 0.487 e. The molecule has 0 aliphatic heterocycles. The number of nitrogens with zero attached hydrogens (tertiary/aromatic N) is 1. The first-order chi connectivity index (χ1) is 14.9. The van der Waals surface area contributed by atoms with Crippen molar-refractivity contribution in [2.24, 2.45) is 0 Å². The van der Waals surface area contributed by atoms with Crippen LogP contribution in [0.2, 0.25) is 10.0 Å². The van der Waals surface area contributed by atoms with E-state index < -0.39 is 5.91 Å². The molecule has 0 aliphatic rings. The van der Waals surface area contributed by atoms with E-state index >= 15 is 0 Å². The van der Waals surface area contributed by atoms with E-state index in [0.29, 0.717) is 22.3 Å². The number of amides is 1. The molecule has 0 saturated carbocycles. The summed E-state index contributed by atoms with van der Waals surface area (Å²) >= 11 is 16.4. The zero-order chi connectivity index (χ0) is 22.4. The highest BCUT2D eigenvalue weighted by atomic mass is 127. The molecule has 0 radical (unpaired) electrons. The average Bonchev–Trinajstić information content (AvgIpc) is 2.74. The van der Waals surface area contributed by atoms with Crippen LogP contribution in [0.4, 0.5) is 5.69 Å². The number of nitriles is 1. The van der Waals surface area contributed by atoms with Gasteiger partial charge in [-0.15, -0.1) is 0 Å². The minimum absolute atomic E-state index is 0.00807. The number of halogens is 4. The van der Waals surface area contributed by atoms with Gasteiger partial charge >= 0.3 is 0 Å². The number of benzene rings is 3. The van der Waals surface area contributed by atoms with Crippen LogP contribution in [0, 0.1) is 18.5 Å². The van der Waals surface area contributed by atoms with Crippen molar-refractivity contribution < 1.29 is 9.53 Å². The maximum atomic E-state index is 12.5. The van der Waals surface area contributed by atoms with Crippen molar-refractivity contribution in [1.82, 2.24) is 0 Å². The van der Waals surface area contributed by atoms with Gasteiger partial charge < -0.3 is 10.1 Å². The summed E-state index contributed by atoms with van der Waals surface area (Å²) in [6.45, 7) is 0.341. The van der Waals surface area contributed by atoms with Gasteiger partial charge in [-0.1, -0.05) is 41.4 Å². The van der Waals surface area contributed by atoms with E-state index in [1.54, 1.807) is 30.3 Å². The van der Waals surface area contributed by atoms with Crippen molar-refractivity contribution in [3.63, 3.8) is 0 Å². The van der Waals surface area contributed by atoms with Gasteiger partial charge in [-0.05, 0) is 99.3 Å². The molecular weight excluding hydrogens is 661 g/mol. The Labute approximate surface area is 217 Å². The Kier molecular flexibility index (Phi) is 8.60. The molecule has 0 saturated heterocycles. The SMILES string of the molecule is N#C/C(=C/c1cc(I)c(OCc2ccccc2Cl)c(I)c1)C(=O)Nc1ccc(Cl)cc1. The molecule has 1 N–H and O–H groups in total. The Bertz CT molecular complexity index is 1170. The molecule has 156 valence electrons. The molecule has 3 aromatic rings. The standard InChI is InChI=1S/C23H14Cl2I2N2O2/c24-17-5-7-18(8-6-17)29-23(30)16(12-28)9-14-10-20(26)22(21(27)11-14)31-13-15-3-1-2-4-19(15)25/h1-11H,13H2,(H,29,30)/b16-9-. The summed E-state index contributed by atoms with van der Waals surface area (Å²) < 4.78 is 7.70. The zero-order valence-electron chi connectivity index (χ0n) is 15.8. The normalized spacial score (nSPS) is 11.0. The molecule has 3 rings (SSSR count). The summed E-state index contributed by atoms with van der Waals surface area (Å²) in [7, 11) is 0. The predicted octanol–water partition coefficient (Wildman–Crippen LogP) is 7.33. The molecule has 0 atom stereocenters. The molecule has 0 aliphatic carbocycles. The third-order valence-corrected chi connectivity index (χ3v) is 6.35. The number of ether oxygens (including phenoxy) is 1. The number of anilines is 1. The van der Waals surface area contributed by atoms with Gasteiger partial charge in [0.05, 0.1) is 7.14 Å². The summed E-state index contributed by atoms with van der Waals surface area (Å²) in [5.74, 6) is 0.233. The van der Waals surface area contributed by atoms with E-state index in [4.69, 9.17) is 27.9 Å². The third kappa shape index (κ3) is 6.59. The van der Waals surface area contributed by atoms with Gasteiger partial charge in [0.25, 0.3) is 5.91 Å². The van der Waals surface area contributed by atoms with Crippen molar-refractivity contribution in [2.75, 3.05) is 5.32 Å². The molecule has 3 aromatic carbocycles. The van der Waals surface area contributed by atoms with Gasteiger partial charge in [0.15, 0.2) is 0 Å². The molecule has 8 heteroatoms.